The summed E-state index contributed by atoms with van der Waals surface area (Å²) < 4.78 is 0. The Hall–Kier alpha value is -0.820. The predicted octanol–water partition coefficient (Wildman–Crippen LogP) is 3.28. The van der Waals surface area contributed by atoms with Crippen LogP contribution in [0.5, 0.6) is 0 Å². The third-order valence-corrected chi connectivity index (χ3v) is 4.71. The molecule has 1 fully saturated rings. The van der Waals surface area contributed by atoms with Gasteiger partial charge in [0.1, 0.15) is 0 Å². The highest BCUT2D eigenvalue weighted by atomic mass is 14.9. The van der Waals surface area contributed by atoms with Gasteiger partial charge in [0, 0.05) is 0 Å². The molecule has 1 heteroatoms. The molecule has 0 unspecified atom stereocenters. The Labute approximate surface area is 105 Å². The van der Waals surface area contributed by atoms with Crippen LogP contribution in [0.3, 0.4) is 0 Å². The minimum absolute atomic E-state index is 0.596. The summed E-state index contributed by atoms with van der Waals surface area (Å²) >= 11 is 0. The summed E-state index contributed by atoms with van der Waals surface area (Å²) in [6.45, 7) is 7.07. The molecule has 3 rings (SSSR count). The van der Waals surface area contributed by atoms with Gasteiger partial charge in [0.05, 0.1) is 0 Å². The van der Waals surface area contributed by atoms with Gasteiger partial charge in [-0.05, 0) is 66.8 Å². The number of piperidine rings is 1. The van der Waals surface area contributed by atoms with E-state index in [1.807, 2.05) is 0 Å². The molecule has 92 valence electrons. The Balaban J connectivity index is 1.94. The van der Waals surface area contributed by atoms with Gasteiger partial charge in [-0.15, -0.1) is 0 Å². The van der Waals surface area contributed by atoms with E-state index in [9.17, 15) is 0 Å². The molecule has 1 N–H and O–H groups in total. The third kappa shape index (κ3) is 1.91. The minimum Gasteiger partial charge on any atom is -0.317 e. The smallest absolute Gasteiger partial charge is 0.00434 e. The fourth-order valence-electron chi connectivity index (χ4n) is 3.73. The average molecular weight is 229 g/mol. The van der Waals surface area contributed by atoms with Crippen molar-refractivity contribution in [3.05, 3.63) is 34.9 Å². The van der Waals surface area contributed by atoms with Crippen LogP contribution in [0.1, 0.15) is 49.3 Å². The second-order valence-corrected chi connectivity index (χ2v) is 6.24. The van der Waals surface area contributed by atoms with Gasteiger partial charge in [0.25, 0.3) is 0 Å². The van der Waals surface area contributed by atoms with Crippen molar-refractivity contribution in [3.63, 3.8) is 0 Å². The summed E-state index contributed by atoms with van der Waals surface area (Å²) in [5, 5.41) is 3.50. The molecule has 1 nitrogen and oxygen atoms in total. The highest BCUT2D eigenvalue weighted by Crippen LogP contribution is 2.45. The summed E-state index contributed by atoms with van der Waals surface area (Å²) in [6, 6.07) is 6.95. The van der Waals surface area contributed by atoms with Crippen LogP contribution in [0, 0.1) is 5.41 Å². The van der Waals surface area contributed by atoms with Gasteiger partial charge in [-0.2, -0.15) is 0 Å². The third-order valence-electron chi connectivity index (χ3n) is 4.71. The lowest BCUT2D eigenvalue weighted by Crippen LogP contribution is -2.37. The van der Waals surface area contributed by atoms with Gasteiger partial charge in [0.2, 0.25) is 0 Å². The van der Waals surface area contributed by atoms with E-state index in [0.29, 0.717) is 11.3 Å². The zero-order chi connectivity index (χ0) is 11.9. The highest BCUT2D eigenvalue weighted by molar-refractivity contribution is 5.42. The summed E-state index contributed by atoms with van der Waals surface area (Å²) in [5.41, 5.74) is 5.51. The molecular formula is C16H23N. The van der Waals surface area contributed by atoms with Gasteiger partial charge in [-0.1, -0.05) is 32.0 Å². The molecule has 0 radical (unpaired) electrons. The molecule has 17 heavy (non-hydrogen) atoms. The molecule has 1 spiro atoms. The van der Waals surface area contributed by atoms with Crippen molar-refractivity contribution in [1.29, 1.82) is 0 Å². The van der Waals surface area contributed by atoms with Crippen LogP contribution in [0.4, 0.5) is 0 Å². The van der Waals surface area contributed by atoms with Crippen LogP contribution in [-0.4, -0.2) is 13.1 Å². The van der Waals surface area contributed by atoms with E-state index >= 15 is 0 Å². The first-order chi connectivity index (χ1) is 8.20. The first kappa shape index (κ1) is 11.3. The lowest BCUT2D eigenvalue weighted by molar-refractivity contribution is 0.215. The van der Waals surface area contributed by atoms with Gasteiger partial charge >= 0.3 is 0 Å². The molecule has 1 aromatic rings. The number of benzene rings is 1. The largest absolute Gasteiger partial charge is 0.317 e. The van der Waals surface area contributed by atoms with Crippen molar-refractivity contribution in [2.75, 3.05) is 13.1 Å². The van der Waals surface area contributed by atoms with Crippen LogP contribution in [0.25, 0.3) is 0 Å². The Kier molecular flexibility index (Phi) is 2.74. The molecule has 0 saturated carbocycles. The number of fused-ring (bicyclic) bond motifs is 1. The van der Waals surface area contributed by atoms with Crippen molar-refractivity contribution >= 4 is 0 Å². The summed E-state index contributed by atoms with van der Waals surface area (Å²) in [7, 11) is 0. The van der Waals surface area contributed by atoms with Crippen LogP contribution in [0.15, 0.2) is 18.2 Å². The first-order valence-electron chi connectivity index (χ1n) is 7.02. The summed E-state index contributed by atoms with van der Waals surface area (Å²) in [5.74, 6) is 0.668. The molecule has 1 aromatic carbocycles. The highest BCUT2D eigenvalue weighted by Gasteiger charge is 2.38. The number of hydrogen-bond donors (Lipinski definition) is 1. The van der Waals surface area contributed by atoms with Crippen molar-refractivity contribution in [2.45, 2.75) is 45.4 Å². The van der Waals surface area contributed by atoms with Crippen molar-refractivity contribution in [1.82, 2.24) is 5.32 Å². The van der Waals surface area contributed by atoms with E-state index < -0.39 is 0 Å². The predicted molar refractivity (Wildman–Crippen MR) is 72.5 cm³/mol. The lowest BCUT2D eigenvalue weighted by Gasteiger charge is -2.33. The number of hydrogen-bond acceptors (Lipinski definition) is 1. The Bertz CT molecular complexity index is 414. The number of nitrogens with one attached hydrogen (secondary N) is 1. The van der Waals surface area contributed by atoms with Crippen molar-refractivity contribution in [2.24, 2.45) is 5.41 Å². The minimum atomic E-state index is 0.596. The molecule has 1 aliphatic carbocycles. The lowest BCUT2D eigenvalue weighted by atomic mass is 9.76. The molecule has 2 aliphatic rings. The van der Waals surface area contributed by atoms with E-state index in [4.69, 9.17) is 0 Å². The van der Waals surface area contributed by atoms with E-state index in [-0.39, 0.29) is 0 Å². The molecule has 0 atom stereocenters. The first-order valence-corrected chi connectivity index (χ1v) is 7.02. The monoisotopic (exact) mass is 229 g/mol. The quantitative estimate of drug-likeness (QED) is 0.779. The van der Waals surface area contributed by atoms with Gasteiger partial charge in [-0.3, -0.25) is 0 Å². The zero-order valence-corrected chi connectivity index (χ0v) is 11.1. The number of rotatable bonds is 1. The van der Waals surface area contributed by atoms with Crippen LogP contribution < -0.4 is 5.32 Å². The SMILES string of the molecule is CC(C)c1cccc2c1CC1(CCNCC1)C2. The Morgan fingerprint density at radius 3 is 2.59 bits per heavy atom. The molecule has 0 bridgehead atoms. The summed E-state index contributed by atoms with van der Waals surface area (Å²) in [6.07, 6.45) is 5.38. The average Bonchev–Trinajstić information content (AvgIpc) is 2.66. The van der Waals surface area contributed by atoms with Crippen LogP contribution in [-0.2, 0) is 12.8 Å². The van der Waals surface area contributed by atoms with E-state index in [2.05, 4.69) is 37.4 Å². The molecular weight excluding hydrogens is 206 g/mol. The topological polar surface area (TPSA) is 12.0 Å². The van der Waals surface area contributed by atoms with E-state index in [1.165, 1.54) is 38.8 Å². The van der Waals surface area contributed by atoms with Crippen LogP contribution >= 0.6 is 0 Å². The molecule has 0 aromatic heterocycles. The zero-order valence-electron chi connectivity index (χ0n) is 11.1. The Morgan fingerprint density at radius 1 is 1.12 bits per heavy atom. The fourth-order valence-corrected chi connectivity index (χ4v) is 3.73. The van der Waals surface area contributed by atoms with E-state index in [0.717, 1.165) is 0 Å². The standard InChI is InChI=1S/C16H23N/c1-12(2)14-5-3-4-13-10-16(11-15(13)14)6-8-17-9-7-16/h3-5,12,17H,6-11H2,1-2H3. The van der Waals surface area contributed by atoms with Gasteiger partial charge < -0.3 is 5.32 Å². The van der Waals surface area contributed by atoms with Crippen molar-refractivity contribution < 1.29 is 0 Å². The summed E-state index contributed by atoms with van der Waals surface area (Å²) in [4.78, 5) is 0. The second kappa shape index (κ2) is 4.13. The maximum atomic E-state index is 3.50. The molecule has 1 heterocycles. The maximum Gasteiger partial charge on any atom is -0.00434 e. The van der Waals surface area contributed by atoms with Gasteiger partial charge in [-0.25, -0.2) is 0 Å². The van der Waals surface area contributed by atoms with Gasteiger partial charge in [0.15, 0.2) is 0 Å². The van der Waals surface area contributed by atoms with Crippen molar-refractivity contribution in [3.8, 4) is 0 Å². The van der Waals surface area contributed by atoms with E-state index in [1.54, 1.807) is 16.7 Å². The molecule has 1 aliphatic heterocycles. The maximum absolute atomic E-state index is 3.50. The Morgan fingerprint density at radius 2 is 1.88 bits per heavy atom. The fraction of sp³-hybridized carbons (Fsp3) is 0.625. The normalized spacial score (nSPS) is 22.1. The molecule has 0 amide bonds. The second-order valence-electron chi connectivity index (χ2n) is 6.24. The molecule has 1 saturated heterocycles. The van der Waals surface area contributed by atoms with Crippen LogP contribution in [0.2, 0.25) is 0 Å².